The second-order valence-corrected chi connectivity index (χ2v) is 7.09. The number of esters is 1. The summed E-state index contributed by atoms with van der Waals surface area (Å²) in [6.07, 6.45) is 2.87. The number of carbonyl (C=O) groups excluding carboxylic acids is 3. The Hall–Kier alpha value is -2.08. The Morgan fingerprint density at radius 3 is 2.41 bits per heavy atom. The predicted molar refractivity (Wildman–Crippen MR) is 103 cm³/mol. The quantitative estimate of drug-likeness (QED) is 0.688. The lowest BCUT2D eigenvalue weighted by molar-refractivity contribution is -0.144. The van der Waals surface area contributed by atoms with Gasteiger partial charge in [-0.2, -0.15) is 0 Å². The molecule has 2 rings (SSSR count). The van der Waals surface area contributed by atoms with Crippen LogP contribution in [0.5, 0.6) is 0 Å². The number of aryl methyl sites for hydroxylation is 1. The van der Waals surface area contributed by atoms with Crippen molar-refractivity contribution >= 4 is 29.4 Å². The molecule has 1 aliphatic heterocycles. The lowest BCUT2D eigenvalue weighted by atomic mass is 10.0. The van der Waals surface area contributed by atoms with Crippen LogP contribution in [0, 0.1) is 0 Å². The zero-order valence-corrected chi connectivity index (χ0v) is 16.5. The van der Waals surface area contributed by atoms with Gasteiger partial charge in [-0.15, -0.1) is 0 Å². The minimum atomic E-state index is -0.353. The van der Waals surface area contributed by atoms with E-state index in [-0.39, 0.29) is 36.7 Å². The van der Waals surface area contributed by atoms with Crippen molar-refractivity contribution in [1.82, 2.24) is 10.2 Å². The Morgan fingerprint density at radius 1 is 1.11 bits per heavy atom. The van der Waals surface area contributed by atoms with E-state index >= 15 is 0 Å². The highest BCUT2D eigenvalue weighted by Gasteiger charge is 2.23. The van der Waals surface area contributed by atoms with Gasteiger partial charge in [-0.05, 0) is 43.9 Å². The van der Waals surface area contributed by atoms with Gasteiger partial charge in [0, 0.05) is 37.0 Å². The van der Waals surface area contributed by atoms with Crippen molar-refractivity contribution in [2.45, 2.75) is 51.5 Å². The molecule has 0 bridgehead atoms. The van der Waals surface area contributed by atoms with Crippen LogP contribution in [0.3, 0.4) is 0 Å². The van der Waals surface area contributed by atoms with E-state index in [0.29, 0.717) is 37.6 Å². The highest BCUT2D eigenvalue weighted by molar-refractivity contribution is 6.30. The highest BCUT2D eigenvalue weighted by atomic mass is 35.5. The van der Waals surface area contributed by atoms with Crippen LogP contribution in [0.25, 0.3) is 0 Å². The van der Waals surface area contributed by atoms with E-state index in [4.69, 9.17) is 16.3 Å². The third-order valence-electron chi connectivity index (χ3n) is 4.62. The molecule has 0 aliphatic carbocycles. The standard InChI is InChI=1S/C20H27ClN2O4/c1-2-27-20(26)10-8-18(24)22-17-11-13-23(14-12-17)19(25)9-5-15-3-6-16(21)7-4-15/h3-4,6-7,17H,2,5,8-14H2,1H3,(H,22,24). The Kier molecular flexibility index (Phi) is 8.58. The molecule has 1 saturated heterocycles. The molecule has 27 heavy (non-hydrogen) atoms. The van der Waals surface area contributed by atoms with Gasteiger partial charge in [0.2, 0.25) is 11.8 Å². The molecule has 1 aliphatic rings. The first-order valence-electron chi connectivity index (χ1n) is 9.45. The molecule has 0 aromatic heterocycles. The Morgan fingerprint density at radius 2 is 1.78 bits per heavy atom. The minimum Gasteiger partial charge on any atom is -0.466 e. The summed E-state index contributed by atoms with van der Waals surface area (Å²) in [5.74, 6) is -0.360. The molecule has 0 unspecified atom stereocenters. The Bertz CT molecular complexity index is 640. The van der Waals surface area contributed by atoms with Crippen molar-refractivity contribution in [2.24, 2.45) is 0 Å². The van der Waals surface area contributed by atoms with Crippen LogP contribution < -0.4 is 5.32 Å². The molecule has 7 heteroatoms. The Balaban J connectivity index is 1.65. The topological polar surface area (TPSA) is 75.7 Å². The molecular weight excluding hydrogens is 368 g/mol. The maximum Gasteiger partial charge on any atom is 0.306 e. The molecule has 1 N–H and O–H groups in total. The molecule has 1 heterocycles. The third kappa shape index (κ3) is 7.59. The van der Waals surface area contributed by atoms with E-state index in [0.717, 1.165) is 18.4 Å². The number of hydrogen-bond donors (Lipinski definition) is 1. The summed E-state index contributed by atoms with van der Waals surface area (Å²) in [6, 6.07) is 7.59. The van der Waals surface area contributed by atoms with Crippen molar-refractivity contribution < 1.29 is 19.1 Å². The van der Waals surface area contributed by atoms with E-state index in [1.807, 2.05) is 29.2 Å². The van der Waals surface area contributed by atoms with Crippen molar-refractivity contribution in [3.05, 3.63) is 34.9 Å². The first kappa shape index (κ1) is 21.2. The summed E-state index contributed by atoms with van der Waals surface area (Å²) in [5.41, 5.74) is 1.09. The number of hydrogen-bond acceptors (Lipinski definition) is 4. The molecule has 1 aromatic rings. The molecule has 0 saturated carbocycles. The summed E-state index contributed by atoms with van der Waals surface area (Å²) >= 11 is 5.87. The van der Waals surface area contributed by atoms with E-state index in [9.17, 15) is 14.4 Å². The molecule has 148 valence electrons. The number of piperidine rings is 1. The summed E-state index contributed by atoms with van der Waals surface area (Å²) in [6.45, 7) is 3.35. The Labute approximate surface area is 165 Å². The molecule has 6 nitrogen and oxygen atoms in total. The number of nitrogens with zero attached hydrogens (tertiary/aromatic N) is 1. The van der Waals surface area contributed by atoms with Crippen LogP contribution in [-0.4, -0.2) is 48.4 Å². The molecule has 1 aromatic carbocycles. The van der Waals surface area contributed by atoms with Gasteiger partial charge >= 0.3 is 5.97 Å². The largest absolute Gasteiger partial charge is 0.466 e. The molecule has 0 radical (unpaired) electrons. The third-order valence-corrected chi connectivity index (χ3v) is 4.87. The normalized spacial score (nSPS) is 14.7. The van der Waals surface area contributed by atoms with Crippen molar-refractivity contribution in [3.63, 3.8) is 0 Å². The summed E-state index contributed by atoms with van der Waals surface area (Å²) in [7, 11) is 0. The van der Waals surface area contributed by atoms with Crippen LogP contribution in [0.2, 0.25) is 5.02 Å². The number of halogens is 1. The number of amides is 2. The van der Waals surface area contributed by atoms with Crippen LogP contribution in [-0.2, 0) is 25.5 Å². The average molecular weight is 395 g/mol. The van der Waals surface area contributed by atoms with E-state index in [1.54, 1.807) is 6.92 Å². The van der Waals surface area contributed by atoms with Gasteiger partial charge in [-0.3, -0.25) is 14.4 Å². The molecule has 0 atom stereocenters. The van der Waals surface area contributed by atoms with E-state index in [1.165, 1.54) is 0 Å². The van der Waals surface area contributed by atoms with E-state index < -0.39 is 0 Å². The monoisotopic (exact) mass is 394 g/mol. The number of carbonyl (C=O) groups is 3. The fourth-order valence-electron chi connectivity index (χ4n) is 3.08. The second-order valence-electron chi connectivity index (χ2n) is 6.65. The van der Waals surface area contributed by atoms with Crippen LogP contribution in [0.15, 0.2) is 24.3 Å². The van der Waals surface area contributed by atoms with Crippen molar-refractivity contribution in [1.29, 1.82) is 0 Å². The lowest BCUT2D eigenvalue weighted by Gasteiger charge is -2.32. The van der Waals surface area contributed by atoms with Gasteiger partial charge in [0.1, 0.15) is 0 Å². The second kappa shape index (κ2) is 10.9. The number of ether oxygens (including phenoxy) is 1. The number of nitrogens with one attached hydrogen (secondary N) is 1. The van der Waals surface area contributed by atoms with Gasteiger partial charge in [-0.1, -0.05) is 23.7 Å². The fourth-order valence-corrected chi connectivity index (χ4v) is 3.21. The maximum absolute atomic E-state index is 12.4. The zero-order chi connectivity index (χ0) is 19.6. The van der Waals surface area contributed by atoms with Crippen LogP contribution in [0.4, 0.5) is 0 Å². The van der Waals surface area contributed by atoms with E-state index in [2.05, 4.69) is 5.32 Å². The van der Waals surface area contributed by atoms with Crippen molar-refractivity contribution in [3.8, 4) is 0 Å². The first-order chi connectivity index (χ1) is 13.0. The van der Waals surface area contributed by atoms with Gasteiger partial charge in [0.05, 0.1) is 13.0 Å². The zero-order valence-electron chi connectivity index (χ0n) is 15.7. The van der Waals surface area contributed by atoms with Gasteiger partial charge in [-0.25, -0.2) is 0 Å². The average Bonchev–Trinajstić information content (AvgIpc) is 2.66. The first-order valence-corrected chi connectivity index (χ1v) is 9.83. The summed E-state index contributed by atoms with van der Waals surface area (Å²) in [5, 5.41) is 3.63. The van der Waals surface area contributed by atoms with Gasteiger partial charge < -0.3 is 15.0 Å². The summed E-state index contributed by atoms with van der Waals surface area (Å²) < 4.78 is 4.81. The minimum absolute atomic E-state index is 0.0556. The highest BCUT2D eigenvalue weighted by Crippen LogP contribution is 2.15. The predicted octanol–water partition coefficient (Wildman–Crippen LogP) is 2.72. The van der Waals surface area contributed by atoms with Crippen LogP contribution >= 0.6 is 11.6 Å². The molecule has 0 spiro atoms. The summed E-state index contributed by atoms with van der Waals surface area (Å²) in [4.78, 5) is 37.4. The number of benzene rings is 1. The SMILES string of the molecule is CCOC(=O)CCC(=O)NC1CCN(C(=O)CCc2ccc(Cl)cc2)CC1. The molecule has 1 fully saturated rings. The maximum atomic E-state index is 12.4. The van der Waals surface area contributed by atoms with Crippen molar-refractivity contribution in [2.75, 3.05) is 19.7 Å². The lowest BCUT2D eigenvalue weighted by Crippen LogP contribution is -2.46. The fraction of sp³-hybridized carbons (Fsp3) is 0.550. The van der Waals surface area contributed by atoms with Crippen LogP contribution in [0.1, 0.15) is 44.6 Å². The smallest absolute Gasteiger partial charge is 0.306 e. The molecule has 2 amide bonds. The number of likely N-dealkylation sites (tertiary alicyclic amines) is 1. The van der Waals surface area contributed by atoms with Gasteiger partial charge in [0.25, 0.3) is 0 Å². The number of rotatable bonds is 8. The molecular formula is C20H27ClN2O4. The van der Waals surface area contributed by atoms with Gasteiger partial charge in [0.15, 0.2) is 0 Å².